The van der Waals surface area contributed by atoms with E-state index in [1.54, 1.807) is 18.5 Å². The molecule has 94 valence electrons. The first kappa shape index (κ1) is 12.6. The van der Waals surface area contributed by atoms with Gasteiger partial charge in [-0.3, -0.25) is 9.78 Å². The molecule has 2 N–H and O–H groups in total. The molecule has 4 heteroatoms. The number of rotatable bonds is 1. The van der Waals surface area contributed by atoms with Gasteiger partial charge < -0.3 is 10.6 Å². The summed E-state index contributed by atoms with van der Waals surface area (Å²) in [5.74, 6) is 5.70. The highest BCUT2D eigenvalue weighted by molar-refractivity contribution is 5.94. The maximum atomic E-state index is 12.3. The molecular weight excluding hydrogens is 226 g/mol. The second kappa shape index (κ2) is 5.65. The third-order valence-electron chi connectivity index (χ3n) is 3.13. The second-order valence-corrected chi connectivity index (χ2v) is 4.46. The van der Waals surface area contributed by atoms with Crippen molar-refractivity contribution in [1.29, 1.82) is 0 Å². The number of pyridine rings is 1. The fraction of sp³-hybridized carbons (Fsp3) is 0.429. The van der Waals surface area contributed by atoms with Gasteiger partial charge in [0.05, 0.1) is 12.1 Å². The number of hydrogen-bond acceptors (Lipinski definition) is 3. The van der Waals surface area contributed by atoms with E-state index in [1.165, 1.54) is 0 Å². The van der Waals surface area contributed by atoms with Crippen molar-refractivity contribution >= 4 is 5.91 Å². The van der Waals surface area contributed by atoms with Crippen LogP contribution in [0.15, 0.2) is 18.5 Å². The lowest BCUT2D eigenvalue weighted by Crippen LogP contribution is -2.33. The van der Waals surface area contributed by atoms with Gasteiger partial charge in [0.2, 0.25) is 0 Å². The molecule has 1 aliphatic rings. The lowest BCUT2D eigenvalue weighted by molar-refractivity contribution is 0.0747. The minimum absolute atomic E-state index is 0.0453. The van der Waals surface area contributed by atoms with E-state index < -0.39 is 0 Å². The molecule has 0 radical (unpaired) electrons. The Morgan fingerprint density at radius 2 is 2.44 bits per heavy atom. The number of carbonyl (C=O) groups excluding carboxylic acids is 1. The lowest BCUT2D eigenvalue weighted by atomic mass is 10.1. The number of carbonyl (C=O) groups is 1. The third kappa shape index (κ3) is 2.69. The van der Waals surface area contributed by atoms with Gasteiger partial charge in [0, 0.05) is 30.5 Å². The van der Waals surface area contributed by atoms with Crippen LogP contribution in [0.1, 0.15) is 35.7 Å². The molecule has 0 bridgehead atoms. The van der Waals surface area contributed by atoms with Gasteiger partial charge in [0.15, 0.2) is 0 Å². The first-order valence-corrected chi connectivity index (χ1v) is 6.17. The van der Waals surface area contributed by atoms with Crippen LogP contribution < -0.4 is 5.73 Å². The Morgan fingerprint density at radius 1 is 1.61 bits per heavy atom. The molecule has 0 aliphatic carbocycles. The Labute approximate surface area is 107 Å². The van der Waals surface area contributed by atoms with Crippen molar-refractivity contribution in [2.24, 2.45) is 5.73 Å². The standard InChI is InChI=1S/C14H17N3O/c1-11-4-3-7-17(11)14(18)13-8-12(5-2-6-15)9-16-10-13/h8-11H,3-4,6-7,15H2,1H3. The van der Waals surface area contributed by atoms with Gasteiger partial charge in [-0.05, 0) is 25.8 Å². The van der Waals surface area contributed by atoms with E-state index >= 15 is 0 Å². The SMILES string of the molecule is CC1CCCN1C(=O)c1cncc(C#CCN)c1. The second-order valence-electron chi connectivity index (χ2n) is 4.46. The zero-order valence-corrected chi connectivity index (χ0v) is 10.5. The molecule has 0 saturated carbocycles. The van der Waals surface area contributed by atoms with E-state index in [4.69, 9.17) is 5.73 Å². The van der Waals surface area contributed by atoms with Crippen molar-refractivity contribution in [2.75, 3.05) is 13.1 Å². The average Bonchev–Trinajstić information content (AvgIpc) is 2.82. The maximum absolute atomic E-state index is 12.3. The van der Waals surface area contributed by atoms with Gasteiger partial charge in [-0.15, -0.1) is 0 Å². The molecule has 1 aromatic rings. The van der Waals surface area contributed by atoms with Gasteiger partial charge in [-0.2, -0.15) is 0 Å². The molecule has 18 heavy (non-hydrogen) atoms. The first-order valence-electron chi connectivity index (χ1n) is 6.17. The summed E-state index contributed by atoms with van der Waals surface area (Å²) in [5, 5.41) is 0. The fourth-order valence-electron chi connectivity index (χ4n) is 2.18. The van der Waals surface area contributed by atoms with Crippen molar-refractivity contribution in [3.05, 3.63) is 29.6 Å². The van der Waals surface area contributed by atoms with Crippen LogP contribution in [0.5, 0.6) is 0 Å². The monoisotopic (exact) mass is 243 g/mol. The molecule has 4 nitrogen and oxygen atoms in total. The number of hydrogen-bond donors (Lipinski definition) is 1. The quantitative estimate of drug-likeness (QED) is 0.749. The molecule has 1 aliphatic heterocycles. The third-order valence-corrected chi connectivity index (χ3v) is 3.13. The molecule has 2 heterocycles. The first-order chi connectivity index (χ1) is 8.72. The minimum atomic E-state index is 0.0453. The molecular formula is C14H17N3O. The van der Waals surface area contributed by atoms with Crippen molar-refractivity contribution in [1.82, 2.24) is 9.88 Å². The van der Waals surface area contributed by atoms with Crippen LogP contribution in [0, 0.1) is 11.8 Å². The van der Waals surface area contributed by atoms with Crippen molar-refractivity contribution < 1.29 is 4.79 Å². The van der Waals surface area contributed by atoms with Gasteiger partial charge in [-0.25, -0.2) is 0 Å². The maximum Gasteiger partial charge on any atom is 0.255 e. The molecule has 1 aromatic heterocycles. The van der Waals surface area contributed by atoms with Crippen LogP contribution in [0.3, 0.4) is 0 Å². The van der Waals surface area contributed by atoms with Crippen LogP contribution in [0.2, 0.25) is 0 Å². The van der Waals surface area contributed by atoms with Crippen LogP contribution in [-0.4, -0.2) is 34.9 Å². The summed E-state index contributed by atoms with van der Waals surface area (Å²) in [7, 11) is 0. The zero-order valence-electron chi connectivity index (χ0n) is 10.5. The van der Waals surface area contributed by atoms with E-state index in [0.29, 0.717) is 18.2 Å². The summed E-state index contributed by atoms with van der Waals surface area (Å²) >= 11 is 0. The van der Waals surface area contributed by atoms with Crippen LogP contribution >= 0.6 is 0 Å². The van der Waals surface area contributed by atoms with Crippen molar-refractivity contribution in [3.8, 4) is 11.8 Å². The number of aromatic nitrogens is 1. The normalized spacial score (nSPS) is 18.3. The summed E-state index contributed by atoms with van der Waals surface area (Å²) in [6.07, 6.45) is 5.40. The predicted molar refractivity (Wildman–Crippen MR) is 69.9 cm³/mol. The van der Waals surface area contributed by atoms with Gasteiger partial charge in [0.25, 0.3) is 5.91 Å². The Bertz CT molecular complexity index is 501. The Hall–Kier alpha value is -1.86. The topological polar surface area (TPSA) is 59.2 Å². The number of nitrogens with two attached hydrogens (primary N) is 1. The Morgan fingerprint density at radius 3 is 3.11 bits per heavy atom. The summed E-state index contributed by atoms with van der Waals surface area (Å²) in [6, 6.07) is 2.10. The minimum Gasteiger partial charge on any atom is -0.336 e. The number of likely N-dealkylation sites (tertiary alicyclic amines) is 1. The Kier molecular flexibility index (Phi) is 3.96. The van der Waals surface area contributed by atoms with Gasteiger partial charge in [-0.1, -0.05) is 11.8 Å². The smallest absolute Gasteiger partial charge is 0.255 e. The van der Waals surface area contributed by atoms with Crippen molar-refractivity contribution in [2.45, 2.75) is 25.8 Å². The number of nitrogens with zero attached hydrogens (tertiary/aromatic N) is 2. The predicted octanol–water partition coefficient (Wildman–Crippen LogP) is 1.02. The number of amides is 1. The summed E-state index contributed by atoms with van der Waals surface area (Å²) < 4.78 is 0. The zero-order chi connectivity index (χ0) is 13.0. The molecule has 1 unspecified atom stereocenters. The van der Waals surface area contributed by atoms with Crippen LogP contribution in [0.4, 0.5) is 0 Å². The van der Waals surface area contributed by atoms with Crippen LogP contribution in [-0.2, 0) is 0 Å². The lowest BCUT2D eigenvalue weighted by Gasteiger charge is -2.21. The average molecular weight is 243 g/mol. The molecule has 1 fully saturated rings. The van der Waals surface area contributed by atoms with Crippen LogP contribution in [0.25, 0.3) is 0 Å². The van der Waals surface area contributed by atoms with E-state index in [9.17, 15) is 4.79 Å². The van der Waals surface area contributed by atoms with Gasteiger partial charge in [0.1, 0.15) is 0 Å². The molecule has 1 saturated heterocycles. The van der Waals surface area contributed by atoms with Crippen molar-refractivity contribution in [3.63, 3.8) is 0 Å². The summed E-state index contributed by atoms with van der Waals surface area (Å²) in [4.78, 5) is 18.3. The molecule has 0 aromatic carbocycles. The van der Waals surface area contributed by atoms with E-state index in [2.05, 4.69) is 23.7 Å². The van der Waals surface area contributed by atoms with E-state index in [-0.39, 0.29) is 5.91 Å². The highest BCUT2D eigenvalue weighted by Crippen LogP contribution is 2.19. The van der Waals surface area contributed by atoms with E-state index in [1.807, 2.05) is 4.90 Å². The molecule has 2 rings (SSSR count). The molecule has 1 amide bonds. The largest absolute Gasteiger partial charge is 0.336 e. The molecule has 1 atom stereocenters. The van der Waals surface area contributed by atoms with E-state index in [0.717, 1.165) is 24.9 Å². The summed E-state index contributed by atoms with van der Waals surface area (Å²) in [5.41, 5.74) is 6.66. The van der Waals surface area contributed by atoms with Gasteiger partial charge >= 0.3 is 0 Å². The highest BCUT2D eigenvalue weighted by Gasteiger charge is 2.26. The fourth-order valence-corrected chi connectivity index (χ4v) is 2.18. The summed E-state index contributed by atoms with van der Waals surface area (Å²) in [6.45, 7) is 3.22. The highest BCUT2D eigenvalue weighted by atomic mass is 16.2. The Balaban J connectivity index is 2.20. The molecule has 0 spiro atoms.